The van der Waals surface area contributed by atoms with Crippen molar-refractivity contribution in [2.75, 3.05) is 13.7 Å². The van der Waals surface area contributed by atoms with Crippen molar-refractivity contribution in [1.29, 1.82) is 0 Å². The maximum absolute atomic E-state index is 12.0. The molecule has 3 heteroatoms. The van der Waals surface area contributed by atoms with Gasteiger partial charge in [-0.3, -0.25) is 4.79 Å². The number of rotatable bonds is 2. The van der Waals surface area contributed by atoms with E-state index in [1.165, 1.54) is 17.6 Å². The summed E-state index contributed by atoms with van der Waals surface area (Å²) in [6.45, 7) is 2.44. The topological polar surface area (TPSA) is 29.5 Å². The van der Waals surface area contributed by atoms with Crippen molar-refractivity contribution in [3.05, 3.63) is 47.1 Å². The molecule has 2 aliphatic rings. The SMILES string of the molecule is COc1ccc(C2=C3CCCC=C3CCN2C(C)=O)cc1. The monoisotopic (exact) mass is 283 g/mol. The molecule has 1 amide bonds. The highest BCUT2D eigenvalue weighted by Crippen LogP contribution is 2.39. The number of benzene rings is 1. The molecule has 1 heterocycles. The minimum Gasteiger partial charge on any atom is -0.497 e. The van der Waals surface area contributed by atoms with Crippen LogP contribution in [0.4, 0.5) is 0 Å². The second-order valence-corrected chi connectivity index (χ2v) is 5.60. The van der Waals surface area contributed by atoms with Crippen LogP contribution in [0.25, 0.3) is 5.70 Å². The maximum Gasteiger partial charge on any atom is 0.223 e. The summed E-state index contributed by atoms with van der Waals surface area (Å²) >= 11 is 0. The molecule has 0 saturated carbocycles. The summed E-state index contributed by atoms with van der Waals surface area (Å²) < 4.78 is 5.23. The third kappa shape index (κ3) is 2.60. The molecule has 1 aromatic carbocycles. The van der Waals surface area contributed by atoms with Gasteiger partial charge in [0.25, 0.3) is 0 Å². The van der Waals surface area contributed by atoms with Crippen molar-refractivity contribution in [1.82, 2.24) is 4.90 Å². The molecule has 3 rings (SSSR count). The van der Waals surface area contributed by atoms with Crippen molar-refractivity contribution < 1.29 is 9.53 Å². The molecular formula is C18H21NO2. The molecule has 0 radical (unpaired) electrons. The highest BCUT2D eigenvalue weighted by atomic mass is 16.5. The molecule has 0 N–H and O–H groups in total. The summed E-state index contributed by atoms with van der Waals surface area (Å²) in [6, 6.07) is 8.02. The van der Waals surface area contributed by atoms with Gasteiger partial charge in [0, 0.05) is 13.5 Å². The number of nitrogens with zero attached hydrogens (tertiary/aromatic N) is 1. The molecule has 110 valence electrons. The van der Waals surface area contributed by atoms with Gasteiger partial charge in [0.2, 0.25) is 5.91 Å². The predicted molar refractivity (Wildman–Crippen MR) is 83.9 cm³/mol. The molecule has 1 aromatic rings. The van der Waals surface area contributed by atoms with Gasteiger partial charge in [-0.2, -0.15) is 0 Å². The number of hydrogen-bond donors (Lipinski definition) is 0. The highest BCUT2D eigenvalue weighted by Gasteiger charge is 2.27. The first-order valence-corrected chi connectivity index (χ1v) is 7.56. The van der Waals surface area contributed by atoms with Gasteiger partial charge in [0.1, 0.15) is 5.75 Å². The average molecular weight is 283 g/mol. The van der Waals surface area contributed by atoms with Crippen LogP contribution in [0.2, 0.25) is 0 Å². The van der Waals surface area contributed by atoms with Crippen LogP contribution in [0.3, 0.4) is 0 Å². The Morgan fingerprint density at radius 1 is 1.19 bits per heavy atom. The number of carbonyl (C=O) groups is 1. The van der Waals surface area contributed by atoms with E-state index >= 15 is 0 Å². The largest absolute Gasteiger partial charge is 0.497 e. The van der Waals surface area contributed by atoms with E-state index in [0.717, 1.165) is 42.8 Å². The normalized spacial score (nSPS) is 18.2. The van der Waals surface area contributed by atoms with E-state index in [9.17, 15) is 4.79 Å². The van der Waals surface area contributed by atoms with Gasteiger partial charge in [-0.25, -0.2) is 0 Å². The predicted octanol–water partition coefficient (Wildman–Crippen LogP) is 3.77. The van der Waals surface area contributed by atoms with Crippen LogP contribution in [0.5, 0.6) is 5.75 Å². The van der Waals surface area contributed by atoms with Gasteiger partial charge < -0.3 is 9.64 Å². The van der Waals surface area contributed by atoms with E-state index in [1.54, 1.807) is 14.0 Å². The second kappa shape index (κ2) is 5.76. The summed E-state index contributed by atoms with van der Waals surface area (Å²) in [6.07, 6.45) is 6.73. The number of carbonyl (C=O) groups excluding carboxylic acids is 1. The van der Waals surface area contributed by atoms with E-state index in [4.69, 9.17) is 4.74 Å². The van der Waals surface area contributed by atoms with Crippen molar-refractivity contribution in [2.45, 2.75) is 32.6 Å². The van der Waals surface area contributed by atoms with E-state index in [1.807, 2.05) is 17.0 Å². The number of methoxy groups -OCH3 is 1. The number of ether oxygens (including phenoxy) is 1. The second-order valence-electron chi connectivity index (χ2n) is 5.60. The first-order valence-electron chi connectivity index (χ1n) is 7.56. The van der Waals surface area contributed by atoms with Crippen LogP contribution in [0.1, 0.15) is 38.2 Å². The Morgan fingerprint density at radius 3 is 2.62 bits per heavy atom. The number of allylic oxidation sites excluding steroid dienone is 2. The molecule has 0 saturated heterocycles. The van der Waals surface area contributed by atoms with E-state index in [0.29, 0.717) is 0 Å². The summed E-state index contributed by atoms with van der Waals surface area (Å²) in [5.41, 5.74) is 4.99. The third-order valence-electron chi connectivity index (χ3n) is 4.31. The van der Waals surface area contributed by atoms with Crippen molar-refractivity contribution in [3.8, 4) is 5.75 Å². The lowest BCUT2D eigenvalue weighted by molar-refractivity contribution is -0.125. The molecule has 1 aliphatic heterocycles. The van der Waals surface area contributed by atoms with Crippen molar-refractivity contribution >= 4 is 11.6 Å². The fourth-order valence-corrected chi connectivity index (χ4v) is 3.26. The summed E-state index contributed by atoms with van der Waals surface area (Å²) in [7, 11) is 1.67. The number of fused-ring (bicyclic) bond motifs is 1. The maximum atomic E-state index is 12.0. The Labute approximate surface area is 125 Å². The zero-order chi connectivity index (χ0) is 14.8. The van der Waals surface area contributed by atoms with Gasteiger partial charge in [-0.05, 0) is 66.7 Å². The number of hydrogen-bond acceptors (Lipinski definition) is 2. The zero-order valence-corrected chi connectivity index (χ0v) is 12.7. The number of amides is 1. The lowest BCUT2D eigenvalue weighted by Crippen LogP contribution is -2.33. The van der Waals surface area contributed by atoms with Gasteiger partial charge in [0.15, 0.2) is 0 Å². The van der Waals surface area contributed by atoms with Gasteiger partial charge in [-0.1, -0.05) is 6.08 Å². The molecule has 0 atom stereocenters. The Bertz CT molecular complexity index is 611. The Hall–Kier alpha value is -2.03. The van der Waals surface area contributed by atoms with E-state index in [-0.39, 0.29) is 5.91 Å². The molecule has 3 nitrogen and oxygen atoms in total. The lowest BCUT2D eigenvalue weighted by atomic mass is 9.85. The Morgan fingerprint density at radius 2 is 1.95 bits per heavy atom. The standard InChI is InChI=1S/C18H21NO2/c1-13(20)19-12-11-14-5-3-4-6-17(14)18(19)15-7-9-16(21-2)10-8-15/h5,7-10H,3-4,6,11-12H2,1-2H3. The van der Waals surface area contributed by atoms with Gasteiger partial charge in [-0.15, -0.1) is 0 Å². The lowest BCUT2D eigenvalue weighted by Gasteiger charge is -2.35. The first kappa shape index (κ1) is 13.9. The van der Waals surface area contributed by atoms with Gasteiger partial charge >= 0.3 is 0 Å². The molecule has 0 unspecified atom stereocenters. The molecule has 0 bridgehead atoms. The van der Waals surface area contributed by atoms with Crippen LogP contribution in [0, 0.1) is 0 Å². The van der Waals surface area contributed by atoms with Crippen LogP contribution in [-0.4, -0.2) is 24.5 Å². The summed E-state index contributed by atoms with van der Waals surface area (Å²) in [5.74, 6) is 0.965. The van der Waals surface area contributed by atoms with E-state index < -0.39 is 0 Å². The zero-order valence-electron chi connectivity index (χ0n) is 12.7. The molecule has 0 fully saturated rings. The quantitative estimate of drug-likeness (QED) is 0.827. The minimum atomic E-state index is 0.123. The fourth-order valence-electron chi connectivity index (χ4n) is 3.26. The molecular weight excluding hydrogens is 262 g/mol. The van der Waals surface area contributed by atoms with E-state index in [2.05, 4.69) is 18.2 Å². The van der Waals surface area contributed by atoms with Gasteiger partial charge in [0.05, 0.1) is 12.8 Å². The Balaban J connectivity index is 2.11. The van der Waals surface area contributed by atoms with Crippen molar-refractivity contribution in [2.24, 2.45) is 0 Å². The smallest absolute Gasteiger partial charge is 0.223 e. The minimum absolute atomic E-state index is 0.123. The highest BCUT2D eigenvalue weighted by molar-refractivity contribution is 5.88. The first-order chi connectivity index (χ1) is 10.2. The molecule has 1 aliphatic carbocycles. The fraction of sp³-hybridized carbons (Fsp3) is 0.389. The van der Waals surface area contributed by atoms with Crippen LogP contribution >= 0.6 is 0 Å². The Kier molecular flexibility index (Phi) is 3.82. The molecule has 21 heavy (non-hydrogen) atoms. The third-order valence-corrected chi connectivity index (χ3v) is 4.31. The van der Waals surface area contributed by atoms with Crippen molar-refractivity contribution in [3.63, 3.8) is 0 Å². The average Bonchev–Trinajstić information content (AvgIpc) is 2.53. The van der Waals surface area contributed by atoms with Crippen LogP contribution in [-0.2, 0) is 4.79 Å². The summed E-state index contributed by atoms with van der Waals surface area (Å²) in [5, 5.41) is 0. The summed E-state index contributed by atoms with van der Waals surface area (Å²) in [4.78, 5) is 14.0. The molecule has 0 aromatic heterocycles. The van der Waals surface area contributed by atoms with Crippen LogP contribution < -0.4 is 4.74 Å². The molecule has 0 spiro atoms. The van der Waals surface area contributed by atoms with Crippen LogP contribution in [0.15, 0.2) is 41.5 Å².